The second kappa shape index (κ2) is 4.73. The van der Waals surface area contributed by atoms with E-state index in [9.17, 15) is 13.2 Å². The summed E-state index contributed by atoms with van der Waals surface area (Å²) in [4.78, 5) is 3.62. The zero-order valence-corrected chi connectivity index (χ0v) is 11.6. The smallest absolute Gasteiger partial charge is 0.224 e. The van der Waals surface area contributed by atoms with Crippen molar-refractivity contribution < 1.29 is 13.2 Å². The number of rotatable bonds is 1. The Labute approximate surface area is 123 Å². The molecule has 3 aromatic rings. The number of halogens is 4. The van der Waals surface area contributed by atoms with E-state index in [2.05, 4.69) is 10.1 Å². The van der Waals surface area contributed by atoms with E-state index in [1.165, 1.54) is 10.6 Å². The molecule has 0 saturated heterocycles. The minimum absolute atomic E-state index is 0.136. The highest BCUT2D eigenvalue weighted by atomic mass is 35.5. The zero-order chi connectivity index (χ0) is 15.2. The summed E-state index contributed by atoms with van der Waals surface area (Å²) < 4.78 is 39.7. The molecule has 0 N–H and O–H groups in total. The van der Waals surface area contributed by atoms with E-state index in [1.54, 1.807) is 31.2 Å². The van der Waals surface area contributed by atoms with Crippen LogP contribution in [0.5, 0.6) is 0 Å². The number of aromatic nitrogens is 3. The van der Waals surface area contributed by atoms with E-state index in [0.717, 1.165) is 6.07 Å². The minimum Gasteiger partial charge on any atom is -0.224 e. The van der Waals surface area contributed by atoms with Gasteiger partial charge in [-0.1, -0.05) is 29.8 Å². The molecule has 0 aliphatic carbocycles. The number of fused-ring (bicyclic) bond motifs is 1. The summed E-state index contributed by atoms with van der Waals surface area (Å²) in [6.45, 7) is 1.55. The van der Waals surface area contributed by atoms with Crippen LogP contribution in [0.4, 0.5) is 13.2 Å². The van der Waals surface area contributed by atoms with Gasteiger partial charge in [-0.25, -0.2) is 9.50 Å². The first kappa shape index (κ1) is 13.9. The SMILES string of the molecule is Cc1cc(C(F)(F)F)nc2cc(-c3ccccc3Cl)nn12. The molecule has 3 nitrogen and oxygen atoms in total. The van der Waals surface area contributed by atoms with Gasteiger partial charge in [-0.15, -0.1) is 0 Å². The monoisotopic (exact) mass is 311 g/mol. The maximum Gasteiger partial charge on any atom is 0.433 e. The number of hydrogen-bond donors (Lipinski definition) is 0. The summed E-state index contributed by atoms with van der Waals surface area (Å²) in [5.41, 5.74) is 0.689. The first-order valence-corrected chi connectivity index (χ1v) is 6.43. The minimum atomic E-state index is -4.48. The molecule has 0 aliphatic heterocycles. The van der Waals surface area contributed by atoms with E-state index >= 15 is 0 Å². The fourth-order valence-corrected chi connectivity index (χ4v) is 2.30. The molecule has 0 spiro atoms. The third-order valence-corrected chi connectivity index (χ3v) is 3.38. The van der Waals surface area contributed by atoms with Gasteiger partial charge in [-0.05, 0) is 19.1 Å². The summed E-state index contributed by atoms with van der Waals surface area (Å²) in [5.74, 6) is 0. The molecule has 2 heterocycles. The normalized spacial score (nSPS) is 12.0. The topological polar surface area (TPSA) is 30.2 Å². The summed E-state index contributed by atoms with van der Waals surface area (Å²) in [7, 11) is 0. The Kier molecular flexibility index (Phi) is 3.13. The zero-order valence-electron chi connectivity index (χ0n) is 10.8. The highest BCUT2D eigenvalue weighted by Crippen LogP contribution is 2.31. The van der Waals surface area contributed by atoms with Crippen LogP contribution in [0.3, 0.4) is 0 Å². The average Bonchev–Trinajstić information content (AvgIpc) is 2.82. The molecule has 0 aliphatic rings. The van der Waals surface area contributed by atoms with Crippen molar-refractivity contribution in [2.45, 2.75) is 13.1 Å². The molecule has 0 amide bonds. The van der Waals surface area contributed by atoms with Crippen LogP contribution in [0.1, 0.15) is 11.4 Å². The van der Waals surface area contributed by atoms with E-state index in [0.29, 0.717) is 22.0 Å². The number of aryl methyl sites for hydroxylation is 1. The standard InChI is InChI=1S/C14H9ClF3N3/c1-8-6-12(14(16,17)18)19-13-7-11(20-21(8)13)9-4-2-3-5-10(9)15/h2-7H,1H3. The maximum atomic E-state index is 12.8. The van der Waals surface area contributed by atoms with Gasteiger partial charge in [0.1, 0.15) is 5.69 Å². The van der Waals surface area contributed by atoms with Gasteiger partial charge < -0.3 is 0 Å². The predicted molar refractivity (Wildman–Crippen MR) is 73.2 cm³/mol. The third-order valence-electron chi connectivity index (χ3n) is 3.05. The summed E-state index contributed by atoms with van der Waals surface area (Å²) in [6.07, 6.45) is -4.48. The van der Waals surface area contributed by atoms with Gasteiger partial charge in [0.05, 0.1) is 10.7 Å². The van der Waals surface area contributed by atoms with Gasteiger partial charge in [0, 0.05) is 17.3 Å². The quantitative estimate of drug-likeness (QED) is 0.667. The number of nitrogens with zero attached hydrogens (tertiary/aromatic N) is 3. The first-order valence-electron chi connectivity index (χ1n) is 6.06. The van der Waals surface area contributed by atoms with Crippen LogP contribution in [0, 0.1) is 6.92 Å². The second-order valence-corrected chi connectivity index (χ2v) is 4.97. The molecule has 0 saturated carbocycles. The maximum absolute atomic E-state index is 12.8. The van der Waals surface area contributed by atoms with Crippen molar-refractivity contribution in [2.24, 2.45) is 0 Å². The lowest BCUT2D eigenvalue weighted by molar-refractivity contribution is -0.141. The molecular formula is C14H9ClF3N3. The van der Waals surface area contributed by atoms with Crippen molar-refractivity contribution in [1.29, 1.82) is 0 Å². The van der Waals surface area contributed by atoms with Crippen LogP contribution < -0.4 is 0 Å². The molecule has 108 valence electrons. The Bertz CT molecular complexity index is 824. The molecule has 7 heteroatoms. The van der Waals surface area contributed by atoms with E-state index in [4.69, 9.17) is 11.6 Å². The second-order valence-electron chi connectivity index (χ2n) is 4.56. The Hall–Kier alpha value is -2.08. The van der Waals surface area contributed by atoms with Crippen molar-refractivity contribution in [3.63, 3.8) is 0 Å². The van der Waals surface area contributed by atoms with Crippen molar-refractivity contribution in [3.8, 4) is 11.3 Å². The Morgan fingerprint density at radius 2 is 1.86 bits per heavy atom. The lowest BCUT2D eigenvalue weighted by atomic mass is 10.1. The van der Waals surface area contributed by atoms with Crippen LogP contribution in [-0.4, -0.2) is 14.6 Å². The van der Waals surface area contributed by atoms with Gasteiger partial charge in [0.25, 0.3) is 0 Å². The highest BCUT2D eigenvalue weighted by Gasteiger charge is 2.33. The summed E-state index contributed by atoms with van der Waals surface area (Å²) in [5, 5.41) is 4.75. The van der Waals surface area contributed by atoms with Crippen LogP contribution in [0.2, 0.25) is 5.02 Å². The Balaban J connectivity index is 2.21. The van der Waals surface area contributed by atoms with Gasteiger partial charge in [0.15, 0.2) is 5.65 Å². The molecule has 0 unspecified atom stereocenters. The fourth-order valence-electron chi connectivity index (χ4n) is 2.07. The van der Waals surface area contributed by atoms with Gasteiger partial charge in [0.2, 0.25) is 0 Å². The number of hydrogen-bond acceptors (Lipinski definition) is 2. The average molecular weight is 312 g/mol. The summed E-state index contributed by atoms with van der Waals surface area (Å²) in [6, 6.07) is 9.46. The van der Waals surface area contributed by atoms with Crippen molar-refractivity contribution in [2.75, 3.05) is 0 Å². The summed E-state index contributed by atoms with van der Waals surface area (Å²) >= 11 is 6.08. The Morgan fingerprint density at radius 3 is 2.52 bits per heavy atom. The molecule has 3 rings (SSSR count). The largest absolute Gasteiger partial charge is 0.433 e. The van der Waals surface area contributed by atoms with Crippen molar-refractivity contribution >= 4 is 17.2 Å². The van der Waals surface area contributed by atoms with Crippen molar-refractivity contribution in [3.05, 3.63) is 52.8 Å². The molecule has 21 heavy (non-hydrogen) atoms. The third kappa shape index (κ3) is 2.47. The van der Waals surface area contributed by atoms with Crippen molar-refractivity contribution in [1.82, 2.24) is 14.6 Å². The van der Waals surface area contributed by atoms with E-state index in [-0.39, 0.29) is 5.65 Å². The molecule has 1 aromatic carbocycles. The number of benzene rings is 1. The molecule has 2 aromatic heterocycles. The van der Waals surface area contributed by atoms with E-state index in [1.807, 2.05) is 0 Å². The van der Waals surface area contributed by atoms with Crippen LogP contribution in [0.25, 0.3) is 16.9 Å². The lowest BCUT2D eigenvalue weighted by Crippen LogP contribution is -2.10. The van der Waals surface area contributed by atoms with Crippen LogP contribution >= 0.6 is 11.6 Å². The first-order chi connectivity index (χ1) is 9.86. The van der Waals surface area contributed by atoms with Gasteiger partial charge in [-0.2, -0.15) is 18.3 Å². The van der Waals surface area contributed by atoms with Crippen LogP contribution in [0.15, 0.2) is 36.4 Å². The molecule has 0 bridgehead atoms. The highest BCUT2D eigenvalue weighted by molar-refractivity contribution is 6.33. The van der Waals surface area contributed by atoms with E-state index < -0.39 is 11.9 Å². The molecular weight excluding hydrogens is 303 g/mol. The van der Waals surface area contributed by atoms with Crippen LogP contribution in [-0.2, 0) is 6.18 Å². The van der Waals surface area contributed by atoms with Gasteiger partial charge >= 0.3 is 6.18 Å². The number of alkyl halides is 3. The predicted octanol–water partition coefficient (Wildman–Crippen LogP) is 4.38. The lowest BCUT2D eigenvalue weighted by Gasteiger charge is -2.07. The Morgan fingerprint density at radius 1 is 1.14 bits per heavy atom. The molecule has 0 radical (unpaired) electrons. The van der Waals surface area contributed by atoms with Gasteiger partial charge in [-0.3, -0.25) is 0 Å². The molecule has 0 atom stereocenters. The molecule has 0 fully saturated rings. The fraction of sp³-hybridized carbons (Fsp3) is 0.143.